The third-order valence-electron chi connectivity index (χ3n) is 3.28. The standard InChI is InChI=1S/C13H27N3O/c1-10-6-5-7-16(10)11(9-14)8-12(17)15-13(2,3)4/h10-11H,5-9,14H2,1-4H3,(H,15,17). The molecule has 0 saturated carbocycles. The Morgan fingerprint density at radius 3 is 2.59 bits per heavy atom. The van der Waals surface area contributed by atoms with E-state index < -0.39 is 0 Å². The van der Waals surface area contributed by atoms with Gasteiger partial charge in [0, 0.05) is 30.6 Å². The highest BCUT2D eigenvalue weighted by Crippen LogP contribution is 2.20. The van der Waals surface area contributed by atoms with Crippen molar-refractivity contribution in [3.05, 3.63) is 0 Å². The summed E-state index contributed by atoms with van der Waals surface area (Å²) >= 11 is 0. The Balaban J connectivity index is 2.49. The zero-order chi connectivity index (χ0) is 13.1. The van der Waals surface area contributed by atoms with Crippen LogP contribution >= 0.6 is 0 Å². The molecule has 1 fully saturated rings. The lowest BCUT2D eigenvalue weighted by atomic mass is 10.1. The molecule has 100 valence electrons. The fourth-order valence-corrected chi connectivity index (χ4v) is 2.52. The number of carbonyl (C=O) groups excluding carboxylic acids is 1. The monoisotopic (exact) mass is 241 g/mol. The summed E-state index contributed by atoms with van der Waals surface area (Å²) in [6.45, 7) is 9.85. The average molecular weight is 241 g/mol. The fourth-order valence-electron chi connectivity index (χ4n) is 2.52. The van der Waals surface area contributed by atoms with Gasteiger partial charge in [-0.25, -0.2) is 0 Å². The quantitative estimate of drug-likeness (QED) is 0.775. The van der Waals surface area contributed by atoms with E-state index in [9.17, 15) is 4.79 Å². The van der Waals surface area contributed by atoms with Crippen molar-refractivity contribution >= 4 is 5.91 Å². The molecular formula is C13H27N3O. The van der Waals surface area contributed by atoms with Crippen molar-refractivity contribution in [1.29, 1.82) is 0 Å². The van der Waals surface area contributed by atoms with Gasteiger partial charge < -0.3 is 11.1 Å². The summed E-state index contributed by atoms with van der Waals surface area (Å²) in [5.41, 5.74) is 5.65. The van der Waals surface area contributed by atoms with Crippen LogP contribution < -0.4 is 11.1 Å². The second kappa shape index (κ2) is 5.83. The predicted molar refractivity (Wildman–Crippen MR) is 70.8 cm³/mol. The maximum atomic E-state index is 11.9. The highest BCUT2D eigenvalue weighted by Gasteiger charge is 2.29. The van der Waals surface area contributed by atoms with Crippen LogP contribution in [0.5, 0.6) is 0 Å². The molecule has 0 spiro atoms. The number of hydrogen-bond donors (Lipinski definition) is 2. The number of nitrogens with one attached hydrogen (secondary N) is 1. The summed E-state index contributed by atoms with van der Waals surface area (Å²) in [6, 6.07) is 0.751. The first-order chi connectivity index (χ1) is 7.83. The lowest BCUT2D eigenvalue weighted by Gasteiger charge is -2.31. The summed E-state index contributed by atoms with van der Waals surface area (Å²) in [6.07, 6.45) is 2.95. The molecule has 0 aromatic heterocycles. The molecule has 1 amide bonds. The summed E-state index contributed by atoms with van der Waals surface area (Å²) in [7, 11) is 0. The van der Waals surface area contributed by atoms with Gasteiger partial charge in [0.2, 0.25) is 5.91 Å². The Labute approximate surface area is 105 Å². The molecule has 0 bridgehead atoms. The molecule has 0 radical (unpaired) electrons. The second-order valence-electron chi connectivity index (χ2n) is 6.12. The van der Waals surface area contributed by atoms with Crippen LogP contribution in [0, 0.1) is 0 Å². The Hall–Kier alpha value is -0.610. The lowest BCUT2D eigenvalue weighted by Crippen LogP contribution is -2.48. The molecule has 2 unspecified atom stereocenters. The van der Waals surface area contributed by atoms with Gasteiger partial charge in [0.15, 0.2) is 0 Å². The minimum atomic E-state index is -0.160. The molecule has 0 aromatic carbocycles. The molecule has 2 atom stereocenters. The molecular weight excluding hydrogens is 214 g/mol. The molecule has 0 aliphatic carbocycles. The van der Waals surface area contributed by atoms with Crippen molar-refractivity contribution in [1.82, 2.24) is 10.2 Å². The van der Waals surface area contributed by atoms with Crippen molar-refractivity contribution in [2.24, 2.45) is 5.73 Å². The van der Waals surface area contributed by atoms with Crippen molar-refractivity contribution in [2.75, 3.05) is 13.1 Å². The highest BCUT2D eigenvalue weighted by molar-refractivity contribution is 5.77. The molecule has 1 aliphatic heterocycles. The molecule has 1 rings (SSSR count). The van der Waals surface area contributed by atoms with Crippen molar-refractivity contribution in [2.45, 2.75) is 64.6 Å². The summed E-state index contributed by atoms with van der Waals surface area (Å²) in [5.74, 6) is 0.104. The fraction of sp³-hybridized carbons (Fsp3) is 0.923. The minimum absolute atomic E-state index is 0.104. The van der Waals surface area contributed by atoms with Gasteiger partial charge in [-0.1, -0.05) is 0 Å². The molecule has 4 nitrogen and oxygen atoms in total. The van der Waals surface area contributed by atoms with Gasteiger partial charge >= 0.3 is 0 Å². The molecule has 3 N–H and O–H groups in total. The van der Waals surface area contributed by atoms with Crippen LogP contribution in [0.3, 0.4) is 0 Å². The minimum Gasteiger partial charge on any atom is -0.351 e. The zero-order valence-electron chi connectivity index (χ0n) is 11.6. The summed E-state index contributed by atoms with van der Waals surface area (Å²) in [4.78, 5) is 14.3. The Morgan fingerprint density at radius 2 is 2.18 bits per heavy atom. The van der Waals surface area contributed by atoms with E-state index in [0.29, 0.717) is 19.0 Å². The van der Waals surface area contributed by atoms with E-state index in [-0.39, 0.29) is 17.5 Å². The average Bonchev–Trinajstić information content (AvgIpc) is 2.58. The third kappa shape index (κ3) is 4.64. The smallest absolute Gasteiger partial charge is 0.222 e. The molecule has 0 aromatic rings. The van der Waals surface area contributed by atoms with Crippen molar-refractivity contribution in [3.63, 3.8) is 0 Å². The van der Waals surface area contributed by atoms with Crippen LogP contribution in [0.2, 0.25) is 0 Å². The third-order valence-corrected chi connectivity index (χ3v) is 3.28. The number of amides is 1. The van der Waals surface area contributed by atoms with E-state index in [0.717, 1.165) is 6.54 Å². The molecule has 17 heavy (non-hydrogen) atoms. The van der Waals surface area contributed by atoms with E-state index in [1.165, 1.54) is 12.8 Å². The van der Waals surface area contributed by atoms with Crippen molar-refractivity contribution in [3.8, 4) is 0 Å². The number of rotatable bonds is 4. The van der Waals surface area contributed by atoms with Crippen molar-refractivity contribution < 1.29 is 4.79 Å². The second-order valence-corrected chi connectivity index (χ2v) is 6.12. The van der Waals surface area contributed by atoms with E-state index >= 15 is 0 Å². The topological polar surface area (TPSA) is 58.4 Å². The number of nitrogens with zero attached hydrogens (tertiary/aromatic N) is 1. The number of hydrogen-bond acceptors (Lipinski definition) is 3. The first-order valence-electron chi connectivity index (χ1n) is 6.60. The van der Waals surface area contributed by atoms with Gasteiger partial charge in [0.05, 0.1) is 0 Å². The van der Waals surface area contributed by atoms with Crippen LogP contribution in [-0.2, 0) is 4.79 Å². The summed E-state index contributed by atoms with van der Waals surface area (Å²) < 4.78 is 0. The Morgan fingerprint density at radius 1 is 1.53 bits per heavy atom. The molecule has 4 heteroatoms. The van der Waals surface area contributed by atoms with Gasteiger partial charge in [0.1, 0.15) is 0 Å². The Bertz CT molecular complexity index is 260. The SMILES string of the molecule is CC1CCCN1C(CN)CC(=O)NC(C)(C)C. The Kier molecular flexibility index (Phi) is 4.95. The number of likely N-dealkylation sites (tertiary alicyclic amines) is 1. The van der Waals surface area contributed by atoms with Gasteiger partial charge in [-0.15, -0.1) is 0 Å². The zero-order valence-corrected chi connectivity index (χ0v) is 11.6. The van der Waals surface area contributed by atoms with E-state index in [2.05, 4.69) is 17.1 Å². The number of carbonyl (C=O) groups is 1. The van der Waals surface area contributed by atoms with Crippen LogP contribution in [0.15, 0.2) is 0 Å². The van der Waals surface area contributed by atoms with Crippen LogP contribution in [0.4, 0.5) is 0 Å². The van der Waals surface area contributed by atoms with Gasteiger partial charge in [0.25, 0.3) is 0 Å². The van der Waals surface area contributed by atoms with E-state index in [1.54, 1.807) is 0 Å². The van der Waals surface area contributed by atoms with Crippen LogP contribution in [0.1, 0.15) is 47.0 Å². The maximum Gasteiger partial charge on any atom is 0.222 e. The van der Waals surface area contributed by atoms with E-state index in [1.807, 2.05) is 20.8 Å². The van der Waals surface area contributed by atoms with Crippen LogP contribution in [-0.4, -0.2) is 41.5 Å². The maximum absolute atomic E-state index is 11.9. The van der Waals surface area contributed by atoms with E-state index in [4.69, 9.17) is 5.73 Å². The molecule has 1 saturated heterocycles. The molecule has 1 aliphatic rings. The van der Waals surface area contributed by atoms with Gasteiger partial charge in [-0.05, 0) is 47.1 Å². The van der Waals surface area contributed by atoms with Gasteiger partial charge in [-0.3, -0.25) is 9.69 Å². The first-order valence-corrected chi connectivity index (χ1v) is 6.60. The highest BCUT2D eigenvalue weighted by atomic mass is 16.1. The first kappa shape index (κ1) is 14.5. The predicted octanol–water partition coefficient (Wildman–Crippen LogP) is 1.10. The normalized spacial score (nSPS) is 23.7. The largest absolute Gasteiger partial charge is 0.351 e. The molecule has 1 heterocycles. The van der Waals surface area contributed by atoms with Crippen LogP contribution in [0.25, 0.3) is 0 Å². The lowest BCUT2D eigenvalue weighted by molar-refractivity contribution is -0.123. The summed E-state index contributed by atoms with van der Waals surface area (Å²) in [5, 5.41) is 3.00. The number of nitrogens with two attached hydrogens (primary N) is 1. The van der Waals surface area contributed by atoms with Gasteiger partial charge in [-0.2, -0.15) is 0 Å².